The molecule has 0 N–H and O–H groups in total. The molecule has 1 unspecified atom stereocenters. The van der Waals surface area contributed by atoms with Crippen molar-refractivity contribution in [2.75, 3.05) is 6.54 Å². The van der Waals surface area contributed by atoms with Crippen molar-refractivity contribution in [1.82, 2.24) is 4.90 Å². The molecule has 0 bridgehead atoms. The van der Waals surface area contributed by atoms with Crippen LogP contribution >= 0.6 is 11.6 Å². The third-order valence-corrected chi connectivity index (χ3v) is 3.48. The minimum absolute atomic E-state index is 0.227. The number of amides is 1. The summed E-state index contributed by atoms with van der Waals surface area (Å²) in [5.41, 5.74) is 0.741. The van der Waals surface area contributed by atoms with Crippen LogP contribution in [0.3, 0.4) is 0 Å². The number of carbonyl (C=O) groups excluding carboxylic acids is 1. The van der Waals surface area contributed by atoms with Crippen LogP contribution < -0.4 is 0 Å². The van der Waals surface area contributed by atoms with Crippen LogP contribution in [0.25, 0.3) is 0 Å². The molecule has 0 aliphatic carbocycles. The molecule has 0 radical (unpaired) electrons. The molecule has 1 amide bonds. The largest absolute Gasteiger partial charge is 0.467 e. The molecule has 1 aromatic carbocycles. The molecular formula is C16H15ClN2O2. The number of halogens is 1. The van der Waals surface area contributed by atoms with Crippen LogP contribution in [0.2, 0.25) is 0 Å². The molecule has 108 valence electrons. The molecule has 1 atom stereocenters. The number of furan rings is 1. The minimum atomic E-state index is -0.764. The molecule has 0 spiro atoms. The van der Waals surface area contributed by atoms with Gasteiger partial charge in [0.2, 0.25) is 5.91 Å². The number of hydrogen-bond acceptors (Lipinski definition) is 3. The van der Waals surface area contributed by atoms with E-state index in [1.807, 2.05) is 36.4 Å². The van der Waals surface area contributed by atoms with Gasteiger partial charge in [-0.05, 0) is 17.7 Å². The highest BCUT2D eigenvalue weighted by Gasteiger charge is 2.24. The first-order valence-corrected chi connectivity index (χ1v) is 7.03. The maximum atomic E-state index is 12.5. The fourth-order valence-corrected chi connectivity index (χ4v) is 2.25. The van der Waals surface area contributed by atoms with E-state index in [1.165, 1.54) is 0 Å². The first-order chi connectivity index (χ1) is 10.2. The Morgan fingerprint density at radius 1 is 1.29 bits per heavy atom. The zero-order chi connectivity index (χ0) is 15.1. The van der Waals surface area contributed by atoms with Gasteiger partial charge in [-0.3, -0.25) is 4.79 Å². The van der Waals surface area contributed by atoms with Crippen molar-refractivity contribution in [2.24, 2.45) is 0 Å². The molecule has 0 saturated heterocycles. The van der Waals surface area contributed by atoms with Crippen molar-refractivity contribution in [2.45, 2.75) is 18.3 Å². The second kappa shape index (κ2) is 7.51. The molecule has 0 aliphatic heterocycles. The van der Waals surface area contributed by atoms with Gasteiger partial charge in [0, 0.05) is 6.54 Å². The van der Waals surface area contributed by atoms with Gasteiger partial charge in [-0.1, -0.05) is 30.3 Å². The summed E-state index contributed by atoms with van der Waals surface area (Å²) in [6.45, 7) is 0.635. The summed E-state index contributed by atoms with van der Waals surface area (Å²) in [7, 11) is 0. The van der Waals surface area contributed by atoms with E-state index in [2.05, 4.69) is 0 Å². The third kappa shape index (κ3) is 4.11. The van der Waals surface area contributed by atoms with Gasteiger partial charge < -0.3 is 9.32 Å². The molecule has 2 aromatic rings. The van der Waals surface area contributed by atoms with Crippen LogP contribution in [0.5, 0.6) is 0 Å². The number of nitrogens with zero attached hydrogens (tertiary/aromatic N) is 2. The van der Waals surface area contributed by atoms with Crippen molar-refractivity contribution >= 4 is 17.5 Å². The number of hydrogen-bond donors (Lipinski definition) is 0. The average Bonchev–Trinajstić information content (AvgIpc) is 3.04. The zero-order valence-electron chi connectivity index (χ0n) is 11.4. The van der Waals surface area contributed by atoms with Gasteiger partial charge >= 0.3 is 0 Å². The Bertz CT molecular complexity index is 605. The second-order valence-corrected chi connectivity index (χ2v) is 4.96. The third-order valence-electron chi connectivity index (χ3n) is 3.04. The van der Waals surface area contributed by atoms with Crippen molar-refractivity contribution in [3.05, 3.63) is 60.1 Å². The monoisotopic (exact) mass is 302 g/mol. The van der Waals surface area contributed by atoms with Gasteiger partial charge in [-0.2, -0.15) is 5.26 Å². The summed E-state index contributed by atoms with van der Waals surface area (Å²) in [5.74, 6) is 0.438. The van der Waals surface area contributed by atoms with Crippen molar-refractivity contribution in [1.29, 1.82) is 5.26 Å². The minimum Gasteiger partial charge on any atom is -0.467 e. The van der Waals surface area contributed by atoms with E-state index in [-0.39, 0.29) is 12.3 Å². The topological polar surface area (TPSA) is 57.2 Å². The molecule has 1 aromatic heterocycles. The van der Waals surface area contributed by atoms with E-state index in [1.54, 1.807) is 23.3 Å². The number of carbonyl (C=O) groups is 1. The number of rotatable bonds is 6. The van der Waals surface area contributed by atoms with Crippen LogP contribution in [-0.2, 0) is 11.3 Å². The quantitative estimate of drug-likeness (QED) is 0.767. The van der Waals surface area contributed by atoms with Crippen LogP contribution in [0.4, 0.5) is 0 Å². The molecule has 5 heteroatoms. The Labute approximate surface area is 128 Å². The fraction of sp³-hybridized carbons (Fsp3) is 0.250. The summed E-state index contributed by atoms with van der Waals surface area (Å²) in [4.78, 5) is 14.1. The van der Waals surface area contributed by atoms with E-state index in [0.717, 1.165) is 5.56 Å². The summed E-state index contributed by atoms with van der Waals surface area (Å²) in [6, 6.07) is 14.8. The highest BCUT2D eigenvalue weighted by molar-refractivity contribution is 6.30. The SMILES string of the molecule is N#CCCN(Cc1ccco1)C(=O)C(Cl)c1ccccc1. The standard InChI is InChI=1S/C16H15ClN2O2/c17-15(13-6-2-1-3-7-13)16(20)19(10-5-9-18)12-14-8-4-11-21-14/h1-4,6-8,11,15H,5,10,12H2. The van der Waals surface area contributed by atoms with Gasteiger partial charge in [0.1, 0.15) is 11.1 Å². The molecule has 1 heterocycles. The second-order valence-electron chi connectivity index (χ2n) is 4.52. The van der Waals surface area contributed by atoms with Gasteiger partial charge in [0.05, 0.1) is 25.3 Å². The van der Waals surface area contributed by atoms with E-state index in [4.69, 9.17) is 21.3 Å². The van der Waals surface area contributed by atoms with Crippen molar-refractivity contribution in [3.63, 3.8) is 0 Å². The summed E-state index contributed by atoms with van der Waals surface area (Å²) >= 11 is 6.27. The van der Waals surface area contributed by atoms with Crippen molar-refractivity contribution in [3.8, 4) is 6.07 Å². The Balaban J connectivity index is 2.11. The molecular weight excluding hydrogens is 288 g/mol. The van der Waals surface area contributed by atoms with E-state index in [0.29, 0.717) is 18.8 Å². The highest BCUT2D eigenvalue weighted by Crippen LogP contribution is 2.23. The molecule has 2 rings (SSSR count). The molecule has 0 fully saturated rings. The molecule has 21 heavy (non-hydrogen) atoms. The number of benzene rings is 1. The van der Waals surface area contributed by atoms with Crippen LogP contribution in [0.15, 0.2) is 53.1 Å². The van der Waals surface area contributed by atoms with Crippen LogP contribution in [0.1, 0.15) is 23.1 Å². The smallest absolute Gasteiger partial charge is 0.245 e. The Kier molecular flexibility index (Phi) is 5.42. The lowest BCUT2D eigenvalue weighted by atomic mass is 10.1. The number of nitriles is 1. The van der Waals surface area contributed by atoms with Gasteiger partial charge in [0.25, 0.3) is 0 Å². The van der Waals surface area contributed by atoms with Crippen molar-refractivity contribution < 1.29 is 9.21 Å². The zero-order valence-corrected chi connectivity index (χ0v) is 12.2. The fourth-order valence-electron chi connectivity index (χ4n) is 1.97. The lowest BCUT2D eigenvalue weighted by molar-refractivity contribution is -0.131. The van der Waals surface area contributed by atoms with Gasteiger partial charge in [-0.25, -0.2) is 0 Å². The van der Waals surface area contributed by atoms with E-state index < -0.39 is 5.38 Å². The summed E-state index contributed by atoms with van der Waals surface area (Å²) in [6.07, 6.45) is 1.81. The number of alkyl halides is 1. The maximum Gasteiger partial charge on any atom is 0.245 e. The average molecular weight is 303 g/mol. The first kappa shape index (κ1) is 15.1. The lowest BCUT2D eigenvalue weighted by Gasteiger charge is -2.23. The Morgan fingerprint density at radius 3 is 2.67 bits per heavy atom. The summed E-state index contributed by atoms with van der Waals surface area (Å²) < 4.78 is 5.26. The maximum absolute atomic E-state index is 12.5. The first-order valence-electron chi connectivity index (χ1n) is 6.59. The Hall–Kier alpha value is -2.25. The van der Waals surface area contributed by atoms with Crippen LogP contribution in [-0.4, -0.2) is 17.4 Å². The van der Waals surface area contributed by atoms with Gasteiger partial charge in [-0.15, -0.1) is 11.6 Å². The van der Waals surface area contributed by atoms with Crippen LogP contribution in [0, 0.1) is 11.3 Å². The normalized spacial score (nSPS) is 11.6. The predicted molar refractivity (Wildman–Crippen MR) is 79.4 cm³/mol. The van der Waals surface area contributed by atoms with Gasteiger partial charge in [0.15, 0.2) is 0 Å². The Morgan fingerprint density at radius 2 is 2.05 bits per heavy atom. The van der Waals surface area contributed by atoms with E-state index >= 15 is 0 Å². The molecule has 0 saturated carbocycles. The van der Waals surface area contributed by atoms with E-state index in [9.17, 15) is 4.79 Å². The highest BCUT2D eigenvalue weighted by atomic mass is 35.5. The lowest BCUT2D eigenvalue weighted by Crippen LogP contribution is -2.33. The molecule has 4 nitrogen and oxygen atoms in total. The molecule has 0 aliphatic rings. The summed E-state index contributed by atoms with van der Waals surface area (Å²) in [5, 5.41) is 7.97. The predicted octanol–water partition coefficient (Wildman–Crippen LogP) is 3.50.